The molecule has 1 heterocycles. The first kappa shape index (κ1) is 21.1. The number of nitrogens with one attached hydrogen (secondary N) is 1. The van der Waals surface area contributed by atoms with Crippen molar-refractivity contribution in [1.82, 2.24) is 5.32 Å². The van der Waals surface area contributed by atoms with Crippen LogP contribution in [0.5, 0.6) is 5.75 Å². The van der Waals surface area contributed by atoms with Crippen LogP contribution in [0.2, 0.25) is 0 Å². The van der Waals surface area contributed by atoms with Crippen molar-refractivity contribution in [3.05, 3.63) is 76.1 Å². The number of aryl methyl sites for hydroxylation is 2. The van der Waals surface area contributed by atoms with E-state index in [1.165, 1.54) is 17.7 Å². The van der Waals surface area contributed by atoms with Crippen molar-refractivity contribution >= 4 is 22.8 Å². The van der Waals surface area contributed by atoms with Crippen LogP contribution in [0.1, 0.15) is 17.5 Å². The van der Waals surface area contributed by atoms with Gasteiger partial charge in [0.25, 0.3) is 5.91 Å². The fourth-order valence-corrected chi connectivity index (χ4v) is 2.94. The lowest BCUT2D eigenvalue weighted by molar-refractivity contribution is -0.150. The van der Waals surface area contributed by atoms with Crippen LogP contribution >= 0.6 is 0 Å². The summed E-state index contributed by atoms with van der Waals surface area (Å²) in [6.07, 6.45) is 1.66. The smallest absolute Gasteiger partial charge is 0.344 e. The minimum atomic E-state index is -0.666. The lowest BCUT2D eigenvalue weighted by Crippen LogP contribution is -2.30. The summed E-state index contributed by atoms with van der Waals surface area (Å²) in [5.41, 5.74) is 1.92. The first-order chi connectivity index (χ1) is 14.5. The van der Waals surface area contributed by atoms with Crippen molar-refractivity contribution in [2.24, 2.45) is 0 Å². The molecule has 0 aliphatic heterocycles. The zero-order chi connectivity index (χ0) is 21.3. The van der Waals surface area contributed by atoms with Gasteiger partial charge in [0.2, 0.25) is 0 Å². The van der Waals surface area contributed by atoms with Crippen molar-refractivity contribution in [2.75, 3.05) is 19.8 Å². The molecule has 0 saturated carbocycles. The molecule has 1 amide bonds. The fourth-order valence-electron chi connectivity index (χ4n) is 2.94. The number of amides is 1. The molecule has 0 unspecified atom stereocenters. The molecule has 0 fully saturated rings. The maximum atomic E-state index is 11.8. The van der Waals surface area contributed by atoms with Gasteiger partial charge >= 0.3 is 11.6 Å². The van der Waals surface area contributed by atoms with Gasteiger partial charge in [-0.25, -0.2) is 9.59 Å². The zero-order valence-corrected chi connectivity index (χ0v) is 16.7. The average Bonchev–Trinajstić information content (AvgIpc) is 2.74. The highest BCUT2D eigenvalue weighted by atomic mass is 16.6. The van der Waals surface area contributed by atoms with Gasteiger partial charge in [0.15, 0.2) is 13.2 Å². The third-order valence-electron chi connectivity index (χ3n) is 4.45. The lowest BCUT2D eigenvalue weighted by Gasteiger charge is -2.09. The molecule has 0 saturated heterocycles. The fraction of sp³-hybridized carbons (Fsp3) is 0.261. The van der Waals surface area contributed by atoms with Crippen molar-refractivity contribution < 1.29 is 23.5 Å². The first-order valence-corrected chi connectivity index (χ1v) is 9.65. The van der Waals surface area contributed by atoms with Gasteiger partial charge in [-0.1, -0.05) is 30.3 Å². The molecule has 0 atom stereocenters. The van der Waals surface area contributed by atoms with Crippen LogP contribution in [-0.2, 0) is 20.7 Å². The Bertz CT molecular complexity index is 1070. The summed E-state index contributed by atoms with van der Waals surface area (Å²) < 4.78 is 15.4. The summed E-state index contributed by atoms with van der Waals surface area (Å²) in [6, 6.07) is 16.3. The maximum absolute atomic E-state index is 11.8. The Hall–Kier alpha value is -3.61. The molecule has 3 rings (SSSR count). The minimum absolute atomic E-state index is 0.358. The predicted octanol–water partition coefficient (Wildman–Crippen LogP) is 2.77. The summed E-state index contributed by atoms with van der Waals surface area (Å²) >= 11 is 0. The quantitative estimate of drug-likeness (QED) is 0.332. The number of hydrogen-bond donors (Lipinski definition) is 1. The molecule has 0 bridgehead atoms. The number of esters is 1. The molecular formula is C23H23NO6. The predicted molar refractivity (Wildman–Crippen MR) is 111 cm³/mol. The van der Waals surface area contributed by atoms with E-state index in [0.29, 0.717) is 17.9 Å². The van der Waals surface area contributed by atoms with E-state index in [4.69, 9.17) is 13.9 Å². The second kappa shape index (κ2) is 10.2. The summed E-state index contributed by atoms with van der Waals surface area (Å²) in [5, 5.41) is 3.50. The number of rotatable bonds is 9. The molecule has 0 aliphatic rings. The normalized spacial score (nSPS) is 10.6. The Labute approximate surface area is 173 Å². The van der Waals surface area contributed by atoms with E-state index in [-0.39, 0.29) is 19.1 Å². The Morgan fingerprint density at radius 1 is 1.03 bits per heavy atom. The van der Waals surface area contributed by atoms with Gasteiger partial charge < -0.3 is 19.2 Å². The molecule has 156 valence electrons. The number of ether oxygens (including phenoxy) is 2. The van der Waals surface area contributed by atoms with E-state index in [9.17, 15) is 14.4 Å². The maximum Gasteiger partial charge on any atom is 0.344 e. The van der Waals surface area contributed by atoms with Crippen LogP contribution in [0, 0.1) is 6.92 Å². The van der Waals surface area contributed by atoms with Crippen LogP contribution in [-0.4, -0.2) is 31.6 Å². The van der Waals surface area contributed by atoms with Crippen LogP contribution in [0.15, 0.2) is 63.8 Å². The van der Waals surface area contributed by atoms with Crippen LogP contribution < -0.4 is 15.7 Å². The summed E-state index contributed by atoms with van der Waals surface area (Å²) in [5.74, 6) is -0.668. The summed E-state index contributed by atoms with van der Waals surface area (Å²) in [6.45, 7) is 1.59. The zero-order valence-electron chi connectivity index (χ0n) is 16.7. The lowest BCUT2D eigenvalue weighted by atomic mass is 10.1. The standard InChI is InChI=1S/C23H23NO6/c1-16-12-22(26)30-20-13-18(9-10-19(16)20)28-15-23(27)29-14-21(25)24-11-5-8-17-6-3-2-4-7-17/h2-4,6-7,9-10,12-13H,5,8,11,14-15H2,1H3,(H,24,25). The highest BCUT2D eigenvalue weighted by molar-refractivity contribution is 5.82. The molecule has 0 radical (unpaired) electrons. The average molecular weight is 409 g/mol. The highest BCUT2D eigenvalue weighted by Gasteiger charge is 2.10. The van der Waals surface area contributed by atoms with Crippen molar-refractivity contribution in [1.29, 1.82) is 0 Å². The van der Waals surface area contributed by atoms with Gasteiger partial charge in [0.1, 0.15) is 11.3 Å². The molecule has 0 aliphatic carbocycles. The molecule has 3 aromatic rings. The first-order valence-electron chi connectivity index (χ1n) is 9.65. The Balaban J connectivity index is 1.37. The van der Waals surface area contributed by atoms with Crippen molar-refractivity contribution in [3.63, 3.8) is 0 Å². The number of carbonyl (C=O) groups excluding carboxylic acids is 2. The van der Waals surface area contributed by atoms with Gasteiger partial charge in [-0.3, -0.25) is 4.79 Å². The van der Waals surface area contributed by atoms with Gasteiger partial charge in [0, 0.05) is 24.1 Å². The summed E-state index contributed by atoms with van der Waals surface area (Å²) in [4.78, 5) is 35.1. The molecular weight excluding hydrogens is 386 g/mol. The second-order valence-electron chi connectivity index (χ2n) is 6.79. The van der Waals surface area contributed by atoms with E-state index in [0.717, 1.165) is 23.8 Å². The number of hydrogen-bond acceptors (Lipinski definition) is 6. The van der Waals surface area contributed by atoms with Crippen LogP contribution in [0.3, 0.4) is 0 Å². The Morgan fingerprint density at radius 3 is 2.63 bits per heavy atom. The van der Waals surface area contributed by atoms with E-state index < -0.39 is 11.6 Å². The van der Waals surface area contributed by atoms with Crippen molar-refractivity contribution in [2.45, 2.75) is 19.8 Å². The molecule has 7 heteroatoms. The number of carbonyl (C=O) groups is 2. The largest absolute Gasteiger partial charge is 0.482 e. The SMILES string of the molecule is Cc1cc(=O)oc2cc(OCC(=O)OCC(=O)NCCCc3ccccc3)ccc12. The van der Waals surface area contributed by atoms with Crippen molar-refractivity contribution in [3.8, 4) is 5.75 Å². The Kier molecular flexibility index (Phi) is 7.21. The van der Waals surface area contributed by atoms with E-state index in [2.05, 4.69) is 5.32 Å². The topological polar surface area (TPSA) is 94.8 Å². The molecule has 1 N–H and O–H groups in total. The number of fused-ring (bicyclic) bond motifs is 1. The monoisotopic (exact) mass is 409 g/mol. The third-order valence-corrected chi connectivity index (χ3v) is 4.45. The van der Waals surface area contributed by atoms with E-state index in [1.807, 2.05) is 37.3 Å². The van der Waals surface area contributed by atoms with Gasteiger partial charge in [-0.05, 0) is 43.0 Å². The highest BCUT2D eigenvalue weighted by Crippen LogP contribution is 2.22. The Morgan fingerprint density at radius 2 is 1.83 bits per heavy atom. The van der Waals surface area contributed by atoms with Gasteiger partial charge in [0.05, 0.1) is 0 Å². The van der Waals surface area contributed by atoms with E-state index >= 15 is 0 Å². The molecule has 2 aromatic carbocycles. The second-order valence-corrected chi connectivity index (χ2v) is 6.79. The van der Waals surface area contributed by atoms with Gasteiger partial charge in [-0.2, -0.15) is 0 Å². The van der Waals surface area contributed by atoms with Crippen LogP contribution in [0.25, 0.3) is 11.0 Å². The number of benzene rings is 2. The van der Waals surface area contributed by atoms with Crippen LogP contribution in [0.4, 0.5) is 0 Å². The minimum Gasteiger partial charge on any atom is -0.482 e. The molecule has 1 aromatic heterocycles. The molecule has 30 heavy (non-hydrogen) atoms. The van der Waals surface area contributed by atoms with Gasteiger partial charge in [-0.15, -0.1) is 0 Å². The third kappa shape index (κ3) is 6.20. The molecule has 0 spiro atoms. The summed E-state index contributed by atoms with van der Waals surface area (Å²) in [7, 11) is 0. The molecule has 7 nitrogen and oxygen atoms in total. The van der Waals surface area contributed by atoms with E-state index in [1.54, 1.807) is 12.1 Å².